The first-order valence-corrected chi connectivity index (χ1v) is 9.24. The quantitative estimate of drug-likeness (QED) is 0.405. The highest BCUT2D eigenvalue weighted by Crippen LogP contribution is 2.18. The van der Waals surface area contributed by atoms with E-state index in [9.17, 15) is 0 Å². The number of para-hydroxylation sites is 1. The fourth-order valence-corrected chi connectivity index (χ4v) is 3.42. The third kappa shape index (κ3) is 5.83. The van der Waals surface area contributed by atoms with Gasteiger partial charge in [0.1, 0.15) is 0 Å². The number of pyridine rings is 1. The summed E-state index contributed by atoms with van der Waals surface area (Å²) in [6.45, 7) is 3.79. The van der Waals surface area contributed by atoms with E-state index in [1.54, 1.807) is 0 Å². The van der Waals surface area contributed by atoms with Gasteiger partial charge < -0.3 is 10.6 Å². The molecule has 2 N–H and O–H groups in total. The van der Waals surface area contributed by atoms with E-state index in [2.05, 4.69) is 46.8 Å². The van der Waals surface area contributed by atoms with Gasteiger partial charge in [-0.15, -0.1) is 24.0 Å². The molecule has 136 valence electrons. The second-order valence-electron chi connectivity index (χ2n) is 6.48. The molecule has 1 aromatic carbocycles. The number of hydrogen-bond acceptors (Lipinski definition) is 2. The van der Waals surface area contributed by atoms with E-state index < -0.39 is 0 Å². The third-order valence-corrected chi connectivity index (χ3v) is 4.66. The van der Waals surface area contributed by atoms with Gasteiger partial charge in [0.05, 0.1) is 5.52 Å². The first-order valence-electron chi connectivity index (χ1n) is 9.24. The zero-order chi connectivity index (χ0) is 16.6. The van der Waals surface area contributed by atoms with Crippen molar-refractivity contribution in [3.05, 3.63) is 42.1 Å². The minimum Gasteiger partial charge on any atom is -0.357 e. The molecule has 25 heavy (non-hydrogen) atoms. The summed E-state index contributed by atoms with van der Waals surface area (Å²) in [7, 11) is 0. The molecule has 1 aliphatic carbocycles. The maximum absolute atomic E-state index is 4.78. The average molecular weight is 452 g/mol. The van der Waals surface area contributed by atoms with Gasteiger partial charge in [-0.2, -0.15) is 0 Å². The summed E-state index contributed by atoms with van der Waals surface area (Å²) in [6, 6.07) is 11.1. The maximum atomic E-state index is 4.78. The van der Waals surface area contributed by atoms with E-state index in [1.165, 1.54) is 43.1 Å². The summed E-state index contributed by atoms with van der Waals surface area (Å²) >= 11 is 0. The Hall–Kier alpha value is -1.37. The van der Waals surface area contributed by atoms with E-state index in [4.69, 9.17) is 4.99 Å². The van der Waals surface area contributed by atoms with Gasteiger partial charge in [-0.05, 0) is 37.8 Å². The van der Waals surface area contributed by atoms with Crippen LogP contribution in [0.15, 0.2) is 41.5 Å². The van der Waals surface area contributed by atoms with Crippen molar-refractivity contribution in [3.8, 4) is 0 Å². The minimum atomic E-state index is 0. The van der Waals surface area contributed by atoms with Crippen LogP contribution >= 0.6 is 24.0 Å². The number of nitrogens with zero attached hydrogens (tertiary/aromatic N) is 2. The topological polar surface area (TPSA) is 49.3 Å². The van der Waals surface area contributed by atoms with Crippen molar-refractivity contribution in [1.29, 1.82) is 0 Å². The summed E-state index contributed by atoms with van der Waals surface area (Å²) in [6.07, 6.45) is 9.34. The Bertz CT molecular complexity index is 675. The molecule has 0 unspecified atom stereocenters. The van der Waals surface area contributed by atoms with E-state index in [1.807, 2.05) is 12.3 Å². The number of guanidine groups is 1. The lowest BCUT2D eigenvalue weighted by Crippen LogP contribution is -2.44. The van der Waals surface area contributed by atoms with Gasteiger partial charge in [0.2, 0.25) is 0 Å². The maximum Gasteiger partial charge on any atom is 0.191 e. The lowest BCUT2D eigenvalue weighted by Gasteiger charge is -2.24. The number of benzene rings is 1. The molecular formula is C20H29IN4. The summed E-state index contributed by atoms with van der Waals surface area (Å²) in [5.74, 6) is 0.956. The lowest BCUT2D eigenvalue weighted by atomic mass is 9.96. The van der Waals surface area contributed by atoms with Crippen LogP contribution < -0.4 is 10.6 Å². The standard InChI is InChI=1S/C20H28N4.HI/c1-2-21-20(24-18-11-4-3-5-12-18)23-15-13-17-9-6-8-16-10-7-14-22-19(16)17;/h6-10,14,18H,2-5,11-13,15H2,1H3,(H2,21,23,24);1H. The summed E-state index contributed by atoms with van der Waals surface area (Å²) in [5.41, 5.74) is 2.37. The zero-order valence-electron chi connectivity index (χ0n) is 15.0. The molecule has 1 aliphatic rings. The second kappa shape index (κ2) is 10.6. The van der Waals surface area contributed by atoms with Crippen LogP contribution in [-0.2, 0) is 6.42 Å². The van der Waals surface area contributed by atoms with Crippen LogP contribution in [0.25, 0.3) is 10.9 Å². The highest BCUT2D eigenvalue weighted by molar-refractivity contribution is 14.0. The molecular weight excluding hydrogens is 423 g/mol. The van der Waals surface area contributed by atoms with Gasteiger partial charge in [0.15, 0.2) is 5.96 Å². The highest BCUT2D eigenvalue weighted by atomic mass is 127. The molecule has 1 aromatic heterocycles. The predicted molar refractivity (Wildman–Crippen MR) is 117 cm³/mol. The Labute approximate surface area is 167 Å². The lowest BCUT2D eigenvalue weighted by molar-refractivity contribution is 0.410. The van der Waals surface area contributed by atoms with Crippen LogP contribution in [0.1, 0.15) is 44.6 Å². The largest absolute Gasteiger partial charge is 0.357 e. The summed E-state index contributed by atoms with van der Waals surface area (Å²) in [5, 5.41) is 8.18. The third-order valence-electron chi connectivity index (χ3n) is 4.66. The van der Waals surface area contributed by atoms with Crippen molar-refractivity contribution in [2.45, 2.75) is 51.5 Å². The van der Waals surface area contributed by atoms with Crippen LogP contribution in [0.4, 0.5) is 0 Å². The van der Waals surface area contributed by atoms with Gasteiger partial charge in [0, 0.05) is 30.7 Å². The number of nitrogens with one attached hydrogen (secondary N) is 2. The van der Waals surface area contributed by atoms with E-state index in [-0.39, 0.29) is 24.0 Å². The smallest absolute Gasteiger partial charge is 0.191 e. The Balaban J connectivity index is 0.00000225. The van der Waals surface area contributed by atoms with Crippen molar-refractivity contribution in [3.63, 3.8) is 0 Å². The van der Waals surface area contributed by atoms with Crippen molar-refractivity contribution in [2.24, 2.45) is 4.99 Å². The molecule has 4 nitrogen and oxygen atoms in total. The van der Waals surface area contributed by atoms with Crippen molar-refractivity contribution in [2.75, 3.05) is 13.1 Å². The molecule has 1 saturated carbocycles. The molecule has 0 spiro atoms. The first kappa shape index (κ1) is 19.9. The fraction of sp³-hybridized carbons (Fsp3) is 0.500. The molecule has 5 heteroatoms. The van der Waals surface area contributed by atoms with Crippen LogP contribution in [-0.4, -0.2) is 30.1 Å². The molecule has 0 aliphatic heterocycles. The van der Waals surface area contributed by atoms with Crippen LogP contribution in [0.2, 0.25) is 0 Å². The Morgan fingerprint density at radius 1 is 1.16 bits per heavy atom. The Morgan fingerprint density at radius 2 is 1.96 bits per heavy atom. The van der Waals surface area contributed by atoms with Gasteiger partial charge in [0.25, 0.3) is 0 Å². The van der Waals surface area contributed by atoms with E-state index >= 15 is 0 Å². The van der Waals surface area contributed by atoms with Crippen molar-refractivity contribution >= 4 is 40.8 Å². The number of aliphatic imine (C=N–C) groups is 1. The average Bonchev–Trinajstić information content (AvgIpc) is 2.63. The second-order valence-corrected chi connectivity index (χ2v) is 6.48. The number of hydrogen-bond donors (Lipinski definition) is 2. The molecule has 0 bridgehead atoms. The molecule has 0 atom stereocenters. The zero-order valence-corrected chi connectivity index (χ0v) is 17.3. The molecule has 1 heterocycles. The minimum absolute atomic E-state index is 0. The van der Waals surface area contributed by atoms with Crippen LogP contribution in [0, 0.1) is 0 Å². The molecule has 2 aromatic rings. The Morgan fingerprint density at radius 3 is 2.76 bits per heavy atom. The normalized spacial score (nSPS) is 15.6. The SMILES string of the molecule is CCNC(=NCCc1cccc2cccnc12)NC1CCCCC1.I. The molecule has 3 rings (SSSR count). The molecule has 0 amide bonds. The summed E-state index contributed by atoms with van der Waals surface area (Å²) in [4.78, 5) is 9.31. The van der Waals surface area contributed by atoms with Gasteiger partial charge in [-0.1, -0.05) is 43.5 Å². The van der Waals surface area contributed by atoms with Gasteiger partial charge >= 0.3 is 0 Å². The van der Waals surface area contributed by atoms with Crippen molar-refractivity contribution in [1.82, 2.24) is 15.6 Å². The fourth-order valence-electron chi connectivity index (χ4n) is 3.42. The predicted octanol–water partition coefficient (Wildman–Crippen LogP) is 4.28. The molecule has 0 saturated heterocycles. The number of halogens is 1. The Kier molecular flexibility index (Phi) is 8.44. The number of aromatic nitrogens is 1. The summed E-state index contributed by atoms with van der Waals surface area (Å²) < 4.78 is 0. The number of rotatable bonds is 5. The molecule has 1 fully saturated rings. The monoisotopic (exact) mass is 452 g/mol. The van der Waals surface area contributed by atoms with E-state index in [0.717, 1.165) is 31.0 Å². The van der Waals surface area contributed by atoms with E-state index in [0.29, 0.717) is 6.04 Å². The van der Waals surface area contributed by atoms with Gasteiger partial charge in [-0.25, -0.2) is 0 Å². The van der Waals surface area contributed by atoms with Gasteiger partial charge in [-0.3, -0.25) is 9.98 Å². The number of fused-ring (bicyclic) bond motifs is 1. The first-order chi connectivity index (χ1) is 11.9. The van der Waals surface area contributed by atoms with Crippen LogP contribution in [0.3, 0.4) is 0 Å². The highest BCUT2D eigenvalue weighted by Gasteiger charge is 2.14. The van der Waals surface area contributed by atoms with Crippen molar-refractivity contribution < 1.29 is 0 Å². The van der Waals surface area contributed by atoms with Crippen LogP contribution in [0.5, 0.6) is 0 Å². The molecule has 0 radical (unpaired) electrons.